The fourth-order valence-electron chi connectivity index (χ4n) is 4.19. The van der Waals surface area contributed by atoms with E-state index < -0.39 is 0 Å². The lowest BCUT2D eigenvalue weighted by atomic mass is 9.95. The molecule has 0 amide bonds. The third-order valence-corrected chi connectivity index (χ3v) is 4.83. The lowest BCUT2D eigenvalue weighted by Crippen LogP contribution is -2.28. The molecule has 0 N–H and O–H groups in total. The first-order valence-corrected chi connectivity index (χ1v) is 6.22. The molecule has 3 aliphatic carbocycles. The molecule has 4 fully saturated rings. The zero-order valence-electron chi connectivity index (χ0n) is 8.58. The van der Waals surface area contributed by atoms with Crippen LogP contribution in [-0.4, -0.2) is 18.0 Å². The van der Waals surface area contributed by atoms with Crippen molar-refractivity contribution in [3.05, 3.63) is 0 Å². The van der Waals surface area contributed by atoms with Gasteiger partial charge in [0.15, 0.2) is 5.79 Å². The molecule has 0 aromatic heterocycles. The summed E-state index contributed by atoms with van der Waals surface area (Å²) in [5, 5.41) is 0. The van der Waals surface area contributed by atoms with Crippen molar-refractivity contribution in [3.8, 4) is 0 Å². The predicted octanol–water partition coefficient (Wildman–Crippen LogP) is 2.47. The second kappa shape index (κ2) is 2.53. The van der Waals surface area contributed by atoms with E-state index >= 15 is 0 Å². The molecule has 2 nitrogen and oxygen atoms in total. The zero-order valence-corrected chi connectivity index (χ0v) is 8.58. The van der Waals surface area contributed by atoms with Crippen molar-refractivity contribution in [3.63, 3.8) is 0 Å². The minimum absolute atomic E-state index is 0.114. The molecule has 1 saturated heterocycles. The Morgan fingerprint density at radius 1 is 0.857 bits per heavy atom. The monoisotopic (exact) mass is 194 g/mol. The fourth-order valence-corrected chi connectivity index (χ4v) is 4.19. The number of ether oxygens (including phenoxy) is 2. The minimum atomic E-state index is -0.114. The first-order chi connectivity index (χ1) is 6.86. The van der Waals surface area contributed by atoms with Crippen molar-refractivity contribution in [1.29, 1.82) is 0 Å². The molecule has 0 aromatic rings. The van der Waals surface area contributed by atoms with Crippen LogP contribution >= 0.6 is 0 Å². The van der Waals surface area contributed by atoms with Crippen LogP contribution in [0.25, 0.3) is 0 Å². The molecule has 4 aliphatic rings. The average molecular weight is 194 g/mol. The first-order valence-electron chi connectivity index (χ1n) is 6.22. The van der Waals surface area contributed by atoms with Crippen molar-refractivity contribution in [2.24, 2.45) is 11.8 Å². The number of fused-ring (bicyclic) bond motifs is 5. The predicted molar refractivity (Wildman–Crippen MR) is 51.8 cm³/mol. The van der Waals surface area contributed by atoms with Gasteiger partial charge in [-0.25, -0.2) is 0 Å². The molecule has 1 heterocycles. The molecule has 78 valence electrons. The lowest BCUT2D eigenvalue weighted by molar-refractivity contribution is -0.179. The molecule has 1 aliphatic heterocycles. The average Bonchev–Trinajstić information content (AvgIpc) is 2.90. The van der Waals surface area contributed by atoms with Gasteiger partial charge in [-0.05, 0) is 43.9 Å². The third-order valence-electron chi connectivity index (χ3n) is 4.83. The SMILES string of the molecule is C1CCC2(C1)OC1C3CCC(C3)C1O2. The Morgan fingerprint density at radius 2 is 1.43 bits per heavy atom. The van der Waals surface area contributed by atoms with E-state index in [9.17, 15) is 0 Å². The molecular formula is C12H18O2. The van der Waals surface area contributed by atoms with Crippen molar-refractivity contribution < 1.29 is 9.47 Å². The molecule has 1 spiro atoms. The van der Waals surface area contributed by atoms with Crippen molar-refractivity contribution >= 4 is 0 Å². The topological polar surface area (TPSA) is 18.5 Å². The Labute approximate surface area is 85.0 Å². The van der Waals surface area contributed by atoms with Crippen molar-refractivity contribution in [2.45, 2.75) is 62.9 Å². The Morgan fingerprint density at radius 3 is 2.00 bits per heavy atom. The van der Waals surface area contributed by atoms with Crippen molar-refractivity contribution in [1.82, 2.24) is 0 Å². The van der Waals surface area contributed by atoms with Gasteiger partial charge in [0.1, 0.15) is 0 Å². The molecule has 4 atom stereocenters. The summed E-state index contributed by atoms with van der Waals surface area (Å²) in [7, 11) is 0. The largest absolute Gasteiger partial charge is 0.344 e. The Kier molecular flexibility index (Phi) is 1.47. The van der Waals surface area contributed by atoms with Crippen molar-refractivity contribution in [2.75, 3.05) is 0 Å². The maximum atomic E-state index is 6.25. The van der Waals surface area contributed by atoms with Crippen LogP contribution in [0.1, 0.15) is 44.9 Å². The molecule has 3 saturated carbocycles. The normalized spacial score (nSPS) is 53.1. The zero-order chi connectivity index (χ0) is 9.17. The fraction of sp³-hybridized carbons (Fsp3) is 1.00. The third kappa shape index (κ3) is 0.892. The standard InChI is InChI=1S/C12H18O2/c1-2-6-12(5-1)13-10-8-3-4-9(7-8)11(10)14-12/h8-11H,1-7H2. The van der Waals surface area contributed by atoms with Crippen LogP contribution in [-0.2, 0) is 9.47 Å². The highest BCUT2D eigenvalue weighted by molar-refractivity contribution is 5.04. The van der Waals surface area contributed by atoms with Crippen LogP contribution in [0.5, 0.6) is 0 Å². The second-order valence-corrected chi connectivity index (χ2v) is 5.62. The summed E-state index contributed by atoms with van der Waals surface area (Å²) in [5.41, 5.74) is 0. The van der Waals surface area contributed by atoms with Gasteiger partial charge in [0.2, 0.25) is 0 Å². The second-order valence-electron chi connectivity index (χ2n) is 5.62. The van der Waals surface area contributed by atoms with E-state index in [1.54, 1.807) is 0 Å². The minimum Gasteiger partial charge on any atom is -0.344 e. The van der Waals surface area contributed by atoms with Crippen LogP contribution in [0.2, 0.25) is 0 Å². The van der Waals surface area contributed by atoms with E-state index in [1.807, 2.05) is 0 Å². The highest BCUT2D eigenvalue weighted by Crippen LogP contribution is 2.55. The van der Waals surface area contributed by atoms with E-state index in [1.165, 1.54) is 32.1 Å². The highest BCUT2D eigenvalue weighted by Gasteiger charge is 2.59. The molecular weight excluding hydrogens is 176 g/mol. The molecule has 4 rings (SSSR count). The summed E-state index contributed by atoms with van der Waals surface area (Å²) in [6, 6.07) is 0. The van der Waals surface area contributed by atoms with E-state index in [4.69, 9.17) is 9.47 Å². The van der Waals surface area contributed by atoms with E-state index in [2.05, 4.69) is 0 Å². The molecule has 4 unspecified atom stereocenters. The van der Waals surface area contributed by atoms with Crippen LogP contribution in [0.4, 0.5) is 0 Å². The number of hydrogen-bond donors (Lipinski definition) is 0. The first kappa shape index (κ1) is 8.12. The van der Waals surface area contributed by atoms with Gasteiger partial charge in [0.05, 0.1) is 12.2 Å². The van der Waals surface area contributed by atoms with E-state index in [0.717, 1.165) is 24.7 Å². The van der Waals surface area contributed by atoms with Gasteiger partial charge in [0.25, 0.3) is 0 Å². The quantitative estimate of drug-likeness (QED) is 0.589. The number of rotatable bonds is 0. The van der Waals surface area contributed by atoms with E-state index in [0.29, 0.717) is 12.2 Å². The van der Waals surface area contributed by atoms with Gasteiger partial charge in [-0.3, -0.25) is 0 Å². The maximum Gasteiger partial charge on any atom is 0.169 e. The highest BCUT2D eigenvalue weighted by atomic mass is 16.8. The molecule has 2 bridgehead atoms. The summed E-state index contributed by atoms with van der Waals surface area (Å²) in [6.07, 6.45) is 10.0. The van der Waals surface area contributed by atoms with Gasteiger partial charge in [-0.15, -0.1) is 0 Å². The molecule has 14 heavy (non-hydrogen) atoms. The van der Waals surface area contributed by atoms with Gasteiger partial charge >= 0.3 is 0 Å². The molecule has 0 aromatic carbocycles. The summed E-state index contributed by atoms with van der Waals surface area (Å²) < 4.78 is 12.5. The van der Waals surface area contributed by atoms with Gasteiger partial charge < -0.3 is 9.47 Å². The summed E-state index contributed by atoms with van der Waals surface area (Å²) in [6.45, 7) is 0. The maximum absolute atomic E-state index is 6.25. The van der Waals surface area contributed by atoms with Crippen LogP contribution < -0.4 is 0 Å². The number of hydrogen-bond acceptors (Lipinski definition) is 2. The Bertz CT molecular complexity index is 237. The summed E-state index contributed by atoms with van der Waals surface area (Å²) in [4.78, 5) is 0. The molecule has 2 heteroatoms. The summed E-state index contributed by atoms with van der Waals surface area (Å²) in [5.74, 6) is 1.56. The van der Waals surface area contributed by atoms with Gasteiger partial charge in [-0.2, -0.15) is 0 Å². The van der Waals surface area contributed by atoms with Crippen LogP contribution in [0.3, 0.4) is 0 Å². The summed E-state index contributed by atoms with van der Waals surface area (Å²) >= 11 is 0. The Hall–Kier alpha value is -0.0800. The molecule has 0 radical (unpaired) electrons. The van der Waals surface area contributed by atoms with Crippen LogP contribution in [0, 0.1) is 11.8 Å². The Balaban J connectivity index is 1.62. The lowest BCUT2D eigenvalue weighted by Gasteiger charge is -2.24. The van der Waals surface area contributed by atoms with Crippen LogP contribution in [0.15, 0.2) is 0 Å². The van der Waals surface area contributed by atoms with E-state index in [-0.39, 0.29) is 5.79 Å². The van der Waals surface area contributed by atoms with Gasteiger partial charge in [-0.1, -0.05) is 0 Å². The smallest absolute Gasteiger partial charge is 0.169 e. The van der Waals surface area contributed by atoms with Gasteiger partial charge in [0, 0.05) is 12.8 Å².